The molecule has 0 spiro atoms. The maximum Gasteiger partial charge on any atom is 0.266 e. The zero-order chi connectivity index (χ0) is 20.1. The summed E-state index contributed by atoms with van der Waals surface area (Å²) < 4.78 is 3.42. The maximum absolute atomic E-state index is 13.4. The van der Waals surface area contributed by atoms with Gasteiger partial charge in [-0.2, -0.15) is 9.50 Å². The van der Waals surface area contributed by atoms with Crippen molar-refractivity contribution in [2.45, 2.75) is 38.0 Å². The van der Waals surface area contributed by atoms with Crippen LogP contribution in [-0.2, 0) is 0 Å². The minimum absolute atomic E-state index is 0.104. The number of fused-ring (bicyclic) bond motifs is 4. The lowest BCUT2D eigenvalue weighted by Gasteiger charge is -2.17. The molecule has 1 aliphatic rings. The summed E-state index contributed by atoms with van der Waals surface area (Å²) in [5, 5.41) is 7.43. The van der Waals surface area contributed by atoms with Crippen molar-refractivity contribution >= 4 is 27.5 Å². The number of benzene rings is 2. The van der Waals surface area contributed by atoms with E-state index < -0.39 is 0 Å². The number of hydrogen-bond acceptors (Lipinski definition) is 4. The van der Waals surface area contributed by atoms with Crippen molar-refractivity contribution in [3.05, 3.63) is 77.1 Å². The van der Waals surface area contributed by atoms with Gasteiger partial charge >= 0.3 is 0 Å². The highest BCUT2D eigenvalue weighted by Gasteiger charge is 2.21. The van der Waals surface area contributed by atoms with Crippen LogP contribution in [0, 0.1) is 0 Å². The van der Waals surface area contributed by atoms with Gasteiger partial charge in [0.1, 0.15) is 0 Å². The van der Waals surface area contributed by atoms with Gasteiger partial charge < -0.3 is 0 Å². The normalized spacial score (nSPS) is 15.3. The molecule has 3 heterocycles. The van der Waals surface area contributed by atoms with Gasteiger partial charge in [0.05, 0.1) is 16.6 Å². The second kappa shape index (κ2) is 6.76. The van der Waals surface area contributed by atoms with Gasteiger partial charge in [0, 0.05) is 23.7 Å². The van der Waals surface area contributed by atoms with E-state index in [1.54, 1.807) is 15.3 Å². The molecule has 5 aromatic rings. The van der Waals surface area contributed by atoms with Crippen molar-refractivity contribution in [1.82, 2.24) is 24.1 Å². The number of hydrogen-bond donors (Lipinski definition) is 0. The standard InChI is InChI=1S/C24H21N5O/c30-23-19-15-25-24-26-22(17-8-2-1-3-9-17)27-29(24)21(19)13-14-28(23)20-12-6-10-16-7-4-5-11-18(16)20/h4-7,10-15,17H,1-3,8-9H2. The zero-order valence-corrected chi connectivity index (χ0v) is 16.5. The van der Waals surface area contributed by atoms with Gasteiger partial charge in [-0.25, -0.2) is 4.98 Å². The van der Waals surface area contributed by atoms with Crippen LogP contribution in [0.2, 0.25) is 0 Å². The summed E-state index contributed by atoms with van der Waals surface area (Å²) in [5.41, 5.74) is 1.51. The molecule has 0 aliphatic heterocycles. The Hall–Kier alpha value is -3.54. The van der Waals surface area contributed by atoms with Gasteiger partial charge in [-0.05, 0) is 30.4 Å². The van der Waals surface area contributed by atoms with Crippen LogP contribution in [0.15, 0.2) is 65.7 Å². The molecule has 2 aromatic carbocycles. The number of rotatable bonds is 2. The van der Waals surface area contributed by atoms with Crippen LogP contribution in [0.25, 0.3) is 33.1 Å². The minimum atomic E-state index is -0.104. The van der Waals surface area contributed by atoms with E-state index in [1.807, 2.05) is 42.6 Å². The number of nitrogens with zero attached hydrogens (tertiary/aromatic N) is 5. The SMILES string of the molecule is O=c1c2cnc3nc(C4CCCCC4)nn3c2ccn1-c1cccc2ccccc12. The largest absolute Gasteiger partial charge is 0.283 e. The first-order valence-corrected chi connectivity index (χ1v) is 10.5. The van der Waals surface area contributed by atoms with Gasteiger partial charge in [-0.1, -0.05) is 55.7 Å². The Morgan fingerprint density at radius 2 is 1.73 bits per heavy atom. The molecule has 0 N–H and O–H groups in total. The summed E-state index contributed by atoms with van der Waals surface area (Å²) in [4.78, 5) is 22.5. The fourth-order valence-electron chi connectivity index (χ4n) is 4.68. The van der Waals surface area contributed by atoms with Crippen LogP contribution >= 0.6 is 0 Å². The molecule has 1 aliphatic carbocycles. The molecule has 1 fully saturated rings. The summed E-state index contributed by atoms with van der Waals surface area (Å²) >= 11 is 0. The molecule has 148 valence electrons. The van der Waals surface area contributed by atoms with Crippen LogP contribution in [0.1, 0.15) is 43.8 Å². The molecule has 0 atom stereocenters. The zero-order valence-electron chi connectivity index (χ0n) is 16.5. The maximum atomic E-state index is 13.4. The Labute approximate surface area is 172 Å². The van der Waals surface area contributed by atoms with E-state index in [4.69, 9.17) is 5.10 Å². The van der Waals surface area contributed by atoms with Gasteiger partial charge in [-0.3, -0.25) is 9.36 Å². The third kappa shape index (κ3) is 2.64. The lowest BCUT2D eigenvalue weighted by atomic mass is 9.89. The molecule has 0 amide bonds. The van der Waals surface area contributed by atoms with Gasteiger partial charge in [0.15, 0.2) is 5.82 Å². The molecular formula is C24H21N5O. The van der Waals surface area contributed by atoms with Gasteiger partial charge in [0.2, 0.25) is 0 Å². The monoisotopic (exact) mass is 395 g/mol. The van der Waals surface area contributed by atoms with E-state index in [0.717, 1.165) is 40.6 Å². The van der Waals surface area contributed by atoms with E-state index in [9.17, 15) is 4.79 Å². The van der Waals surface area contributed by atoms with Gasteiger partial charge in [0.25, 0.3) is 11.3 Å². The van der Waals surface area contributed by atoms with Gasteiger partial charge in [-0.15, -0.1) is 5.10 Å². The molecule has 0 unspecified atom stereocenters. The van der Waals surface area contributed by atoms with Crippen LogP contribution in [0.5, 0.6) is 0 Å². The van der Waals surface area contributed by atoms with E-state index in [-0.39, 0.29) is 5.56 Å². The third-order valence-corrected chi connectivity index (χ3v) is 6.25. The predicted octanol–water partition coefficient (Wildman–Crippen LogP) is 4.63. The summed E-state index contributed by atoms with van der Waals surface area (Å²) in [6, 6.07) is 16.0. The third-order valence-electron chi connectivity index (χ3n) is 6.25. The Bertz CT molecular complexity index is 1450. The first-order valence-electron chi connectivity index (χ1n) is 10.5. The molecule has 0 radical (unpaired) electrons. The van der Waals surface area contributed by atoms with Crippen molar-refractivity contribution in [3.63, 3.8) is 0 Å². The fraction of sp³-hybridized carbons (Fsp3) is 0.250. The summed E-state index contributed by atoms with van der Waals surface area (Å²) in [6.07, 6.45) is 9.46. The Balaban J connectivity index is 1.54. The van der Waals surface area contributed by atoms with Crippen molar-refractivity contribution < 1.29 is 0 Å². The highest BCUT2D eigenvalue weighted by Crippen LogP contribution is 2.31. The molecule has 0 saturated heterocycles. The van der Waals surface area contributed by atoms with Crippen molar-refractivity contribution in [2.75, 3.05) is 0 Å². The summed E-state index contributed by atoms with van der Waals surface area (Å²) in [6.45, 7) is 0. The van der Waals surface area contributed by atoms with Crippen molar-refractivity contribution in [2.24, 2.45) is 0 Å². The summed E-state index contributed by atoms with van der Waals surface area (Å²) in [7, 11) is 0. The number of aromatic nitrogens is 5. The lowest BCUT2D eigenvalue weighted by Crippen LogP contribution is -2.19. The highest BCUT2D eigenvalue weighted by atomic mass is 16.1. The molecular weight excluding hydrogens is 374 g/mol. The average molecular weight is 395 g/mol. The topological polar surface area (TPSA) is 65.1 Å². The molecule has 3 aromatic heterocycles. The molecule has 30 heavy (non-hydrogen) atoms. The average Bonchev–Trinajstić information content (AvgIpc) is 3.25. The Morgan fingerprint density at radius 1 is 0.900 bits per heavy atom. The van der Waals surface area contributed by atoms with E-state index in [2.05, 4.69) is 22.1 Å². The first kappa shape index (κ1) is 17.3. The minimum Gasteiger partial charge on any atom is -0.283 e. The second-order valence-corrected chi connectivity index (χ2v) is 8.06. The smallest absolute Gasteiger partial charge is 0.266 e. The summed E-state index contributed by atoms with van der Waals surface area (Å²) in [5.74, 6) is 1.81. The molecule has 1 saturated carbocycles. The molecule has 6 nitrogen and oxygen atoms in total. The molecule has 6 rings (SSSR count). The van der Waals surface area contributed by atoms with Crippen LogP contribution in [-0.4, -0.2) is 24.1 Å². The van der Waals surface area contributed by atoms with Crippen LogP contribution < -0.4 is 5.56 Å². The van der Waals surface area contributed by atoms with Crippen LogP contribution in [0.3, 0.4) is 0 Å². The Kier molecular flexibility index (Phi) is 3.91. The highest BCUT2D eigenvalue weighted by molar-refractivity contribution is 5.90. The first-order chi connectivity index (χ1) is 14.8. The van der Waals surface area contributed by atoms with E-state index in [1.165, 1.54) is 19.3 Å². The Morgan fingerprint density at radius 3 is 2.63 bits per heavy atom. The fourth-order valence-corrected chi connectivity index (χ4v) is 4.68. The lowest BCUT2D eigenvalue weighted by molar-refractivity contribution is 0.429. The predicted molar refractivity (Wildman–Crippen MR) is 117 cm³/mol. The second-order valence-electron chi connectivity index (χ2n) is 8.06. The number of pyridine rings is 1. The van der Waals surface area contributed by atoms with Crippen molar-refractivity contribution in [1.29, 1.82) is 0 Å². The van der Waals surface area contributed by atoms with E-state index in [0.29, 0.717) is 17.1 Å². The van der Waals surface area contributed by atoms with Crippen LogP contribution in [0.4, 0.5) is 0 Å². The van der Waals surface area contributed by atoms with E-state index >= 15 is 0 Å². The molecule has 0 bridgehead atoms. The van der Waals surface area contributed by atoms with Crippen molar-refractivity contribution in [3.8, 4) is 5.69 Å². The quantitative estimate of drug-likeness (QED) is 0.437. The molecule has 6 heteroatoms.